The van der Waals surface area contributed by atoms with Gasteiger partial charge in [-0.2, -0.15) is 0 Å². The van der Waals surface area contributed by atoms with Crippen molar-refractivity contribution in [1.29, 1.82) is 0 Å². The molecule has 0 radical (unpaired) electrons. The molecule has 0 aromatic heterocycles. The van der Waals surface area contributed by atoms with E-state index in [1.54, 1.807) is 0 Å². The molecule has 1 rings (SSSR count). The molecule has 22 heavy (non-hydrogen) atoms. The second kappa shape index (κ2) is 13.6. The minimum Gasteiger partial charge on any atom is -0.466 e. The highest BCUT2D eigenvalue weighted by atomic mass is 16.5. The van der Waals surface area contributed by atoms with E-state index >= 15 is 0 Å². The predicted octanol–water partition coefficient (Wildman–Crippen LogP) is 4.55. The normalized spacial score (nSPS) is 22.4. The van der Waals surface area contributed by atoms with E-state index in [1.807, 2.05) is 0 Å². The van der Waals surface area contributed by atoms with Crippen LogP contribution in [-0.4, -0.2) is 25.2 Å². The second-order valence-electron chi connectivity index (χ2n) is 6.18. The van der Waals surface area contributed by atoms with Gasteiger partial charge in [0.15, 0.2) is 0 Å². The summed E-state index contributed by atoms with van der Waals surface area (Å²) >= 11 is 0. The van der Waals surface area contributed by atoms with Crippen LogP contribution in [0.3, 0.4) is 0 Å². The first-order valence-electron chi connectivity index (χ1n) is 9.10. The highest BCUT2D eigenvalue weighted by Gasteiger charge is 2.05. The molecule has 1 fully saturated rings. The maximum atomic E-state index is 11.5. The monoisotopic (exact) mass is 312 g/mol. The standard InChI is InChI=1S/C18H32O4/c19-17-13-9-5-4-6-10-14-18(20)22-16-12-8-3-1-2-7-11-15-21-17/h1-16H2. The van der Waals surface area contributed by atoms with Gasteiger partial charge in [0.2, 0.25) is 0 Å². The van der Waals surface area contributed by atoms with E-state index in [-0.39, 0.29) is 11.9 Å². The summed E-state index contributed by atoms with van der Waals surface area (Å²) in [5, 5.41) is 0. The number of rotatable bonds is 0. The zero-order chi connectivity index (χ0) is 15.9. The zero-order valence-electron chi connectivity index (χ0n) is 13.9. The lowest BCUT2D eigenvalue weighted by Gasteiger charge is -2.07. The Balaban J connectivity index is 2.18. The number of carbonyl (C=O) groups is 2. The smallest absolute Gasteiger partial charge is 0.305 e. The molecular weight excluding hydrogens is 280 g/mol. The molecule has 0 saturated carbocycles. The lowest BCUT2D eigenvalue weighted by atomic mass is 10.1. The summed E-state index contributed by atoms with van der Waals surface area (Å²) in [5.74, 6) is -0.115. The first-order valence-corrected chi connectivity index (χ1v) is 9.10. The van der Waals surface area contributed by atoms with Crippen molar-refractivity contribution >= 4 is 11.9 Å². The molecule has 0 spiro atoms. The third-order valence-corrected chi connectivity index (χ3v) is 4.08. The van der Waals surface area contributed by atoms with Crippen molar-refractivity contribution < 1.29 is 19.1 Å². The first-order chi connectivity index (χ1) is 10.8. The number of hydrogen-bond acceptors (Lipinski definition) is 4. The Hall–Kier alpha value is -1.06. The fourth-order valence-electron chi connectivity index (χ4n) is 2.67. The van der Waals surface area contributed by atoms with Crippen LogP contribution in [0.1, 0.15) is 89.9 Å². The van der Waals surface area contributed by atoms with Crippen LogP contribution in [0.4, 0.5) is 0 Å². The molecule has 0 aromatic carbocycles. The van der Waals surface area contributed by atoms with E-state index in [9.17, 15) is 9.59 Å². The van der Waals surface area contributed by atoms with Crippen molar-refractivity contribution in [2.45, 2.75) is 89.9 Å². The predicted molar refractivity (Wildman–Crippen MR) is 86.6 cm³/mol. The van der Waals surface area contributed by atoms with Crippen molar-refractivity contribution in [1.82, 2.24) is 0 Å². The summed E-state index contributed by atoms with van der Waals surface area (Å²) in [6, 6.07) is 0. The van der Waals surface area contributed by atoms with Gasteiger partial charge in [-0.1, -0.05) is 51.4 Å². The van der Waals surface area contributed by atoms with Crippen molar-refractivity contribution in [3.8, 4) is 0 Å². The lowest BCUT2D eigenvalue weighted by Crippen LogP contribution is -2.06. The average Bonchev–Trinajstić information content (AvgIpc) is 2.50. The van der Waals surface area contributed by atoms with Crippen LogP contribution in [0, 0.1) is 0 Å². The molecular formula is C18H32O4. The number of esters is 2. The number of hydrogen-bond donors (Lipinski definition) is 0. The Kier molecular flexibility index (Phi) is 11.7. The van der Waals surface area contributed by atoms with E-state index in [0.717, 1.165) is 57.8 Å². The average molecular weight is 312 g/mol. The van der Waals surface area contributed by atoms with E-state index in [0.29, 0.717) is 26.1 Å². The van der Waals surface area contributed by atoms with Gasteiger partial charge in [-0.15, -0.1) is 0 Å². The Morgan fingerprint density at radius 1 is 0.455 bits per heavy atom. The van der Waals surface area contributed by atoms with Gasteiger partial charge in [-0.25, -0.2) is 0 Å². The summed E-state index contributed by atoms with van der Waals surface area (Å²) in [4.78, 5) is 23.0. The van der Waals surface area contributed by atoms with Crippen LogP contribution in [0.15, 0.2) is 0 Å². The minimum atomic E-state index is -0.0574. The van der Waals surface area contributed by atoms with Crippen LogP contribution in [0.25, 0.3) is 0 Å². The summed E-state index contributed by atoms with van der Waals surface area (Å²) in [7, 11) is 0. The van der Waals surface area contributed by atoms with Gasteiger partial charge < -0.3 is 9.47 Å². The molecule has 1 aliphatic heterocycles. The fraction of sp³-hybridized carbons (Fsp3) is 0.889. The molecule has 0 atom stereocenters. The molecule has 0 aromatic rings. The molecule has 4 nitrogen and oxygen atoms in total. The zero-order valence-corrected chi connectivity index (χ0v) is 13.9. The van der Waals surface area contributed by atoms with Crippen LogP contribution >= 0.6 is 0 Å². The van der Waals surface area contributed by atoms with Crippen molar-refractivity contribution in [3.05, 3.63) is 0 Å². The molecule has 1 saturated heterocycles. The largest absolute Gasteiger partial charge is 0.466 e. The minimum absolute atomic E-state index is 0.0574. The van der Waals surface area contributed by atoms with Gasteiger partial charge in [0.25, 0.3) is 0 Å². The van der Waals surface area contributed by atoms with Gasteiger partial charge in [0.05, 0.1) is 13.2 Å². The molecule has 0 aliphatic carbocycles. The summed E-state index contributed by atoms with van der Waals surface area (Å²) in [6.07, 6.45) is 13.8. The van der Waals surface area contributed by atoms with Crippen molar-refractivity contribution in [2.24, 2.45) is 0 Å². The summed E-state index contributed by atoms with van der Waals surface area (Å²) in [6.45, 7) is 1.16. The van der Waals surface area contributed by atoms with Gasteiger partial charge >= 0.3 is 11.9 Å². The Morgan fingerprint density at radius 3 is 1.18 bits per heavy atom. The third kappa shape index (κ3) is 11.6. The van der Waals surface area contributed by atoms with E-state index in [2.05, 4.69) is 0 Å². The molecule has 0 amide bonds. The topological polar surface area (TPSA) is 52.6 Å². The van der Waals surface area contributed by atoms with E-state index in [4.69, 9.17) is 9.47 Å². The van der Waals surface area contributed by atoms with Gasteiger partial charge in [-0.05, 0) is 25.7 Å². The summed E-state index contributed by atoms with van der Waals surface area (Å²) in [5.41, 5.74) is 0. The van der Waals surface area contributed by atoms with Crippen LogP contribution in [0.2, 0.25) is 0 Å². The molecule has 4 heteroatoms. The van der Waals surface area contributed by atoms with E-state index in [1.165, 1.54) is 19.3 Å². The third-order valence-electron chi connectivity index (χ3n) is 4.08. The van der Waals surface area contributed by atoms with Gasteiger partial charge in [0, 0.05) is 12.8 Å². The van der Waals surface area contributed by atoms with E-state index < -0.39 is 0 Å². The molecule has 0 N–H and O–H groups in total. The number of carbonyl (C=O) groups excluding carboxylic acids is 2. The lowest BCUT2D eigenvalue weighted by molar-refractivity contribution is -0.144. The number of ether oxygens (including phenoxy) is 2. The maximum Gasteiger partial charge on any atom is 0.305 e. The van der Waals surface area contributed by atoms with Crippen molar-refractivity contribution in [2.75, 3.05) is 13.2 Å². The Labute approximate surface area is 134 Å². The Bertz CT molecular complexity index is 273. The highest BCUT2D eigenvalue weighted by Crippen LogP contribution is 2.11. The van der Waals surface area contributed by atoms with Gasteiger partial charge in [-0.3, -0.25) is 9.59 Å². The first kappa shape index (κ1) is 19.0. The molecule has 1 heterocycles. The Morgan fingerprint density at radius 2 is 0.773 bits per heavy atom. The van der Waals surface area contributed by atoms with Crippen LogP contribution in [0.5, 0.6) is 0 Å². The molecule has 0 bridgehead atoms. The van der Waals surface area contributed by atoms with Crippen molar-refractivity contribution in [3.63, 3.8) is 0 Å². The van der Waals surface area contributed by atoms with Crippen LogP contribution in [-0.2, 0) is 19.1 Å². The SMILES string of the molecule is O=C1CCCCCCCC(=O)OCCCCCCCCCO1. The molecule has 1 aliphatic rings. The quantitative estimate of drug-likeness (QED) is 0.616. The van der Waals surface area contributed by atoms with Crippen LogP contribution < -0.4 is 0 Å². The molecule has 128 valence electrons. The number of cyclic esters (lactones) is 2. The summed E-state index contributed by atoms with van der Waals surface area (Å²) < 4.78 is 10.5. The van der Waals surface area contributed by atoms with Gasteiger partial charge in [0.1, 0.15) is 0 Å². The fourth-order valence-corrected chi connectivity index (χ4v) is 2.67. The maximum absolute atomic E-state index is 11.5. The molecule has 0 unspecified atom stereocenters. The highest BCUT2D eigenvalue weighted by molar-refractivity contribution is 5.69. The second-order valence-corrected chi connectivity index (χ2v) is 6.18.